The van der Waals surface area contributed by atoms with E-state index in [1.165, 1.54) is 41.5 Å². The lowest BCUT2D eigenvalue weighted by Crippen LogP contribution is -2.39. The van der Waals surface area contributed by atoms with Gasteiger partial charge < -0.3 is 10.2 Å². The van der Waals surface area contributed by atoms with E-state index >= 15 is 0 Å². The molecule has 4 heterocycles. The Morgan fingerprint density at radius 3 is 2.81 bits per heavy atom. The van der Waals surface area contributed by atoms with Crippen molar-refractivity contribution in [2.45, 2.75) is 51.5 Å². The maximum absolute atomic E-state index is 4.72. The van der Waals surface area contributed by atoms with E-state index in [0.717, 1.165) is 43.3 Å². The zero-order valence-electron chi connectivity index (χ0n) is 15.7. The Labute approximate surface area is 163 Å². The van der Waals surface area contributed by atoms with Crippen LogP contribution < -0.4 is 10.2 Å². The van der Waals surface area contributed by atoms with E-state index in [-0.39, 0.29) is 0 Å². The van der Waals surface area contributed by atoms with Gasteiger partial charge in [-0.3, -0.25) is 0 Å². The van der Waals surface area contributed by atoms with Crippen molar-refractivity contribution in [3.05, 3.63) is 40.7 Å². The molecule has 0 amide bonds. The fraction of sp³-hybridized carbons (Fsp3) is 0.476. The van der Waals surface area contributed by atoms with Crippen molar-refractivity contribution < 1.29 is 0 Å². The number of fused-ring (bicyclic) bond motifs is 3. The van der Waals surface area contributed by atoms with Crippen LogP contribution >= 0.6 is 11.3 Å². The number of hydrogen-bond donors (Lipinski definition) is 1. The van der Waals surface area contributed by atoms with Gasteiger partial charge in [-0.15, -0.1) is 11.3 Å². The lowest BCUT2D eigenvalue weighted by Gasteiger charge is -2.34. The third-order valence-corrected chi connectivity index (χ3v) is 6.97. The Morgan fingerprint density at radius 1 is 1.11 bits per heavy atom. The van der Waals surface area contributed by atoms with Gasteiger partial charge in [0.2, 0.25) is 0 Å². The quantitative estimate of drug-likeness (QED) is 0.733. The first-order valence-electron chi connectivity index (χ1n) is 9.98. The second kappa shape index (κ2) is 7.08. The van der Waals surface area contributed by atoms with Crippen molar-refractivity contribution in [1.29, 1.82) is 0 Å². The number of nitrogens with one attached hydrogen (secondary N) is 1. The molecule has 3 aromatic heterocycles. The molecule has 5 nitrogen and oxygen atoms in total. The molecular weight excluding hydrogens is 354 g/mol. The summed E-state index contributed by atoms with van der Waals surface area (Å²) in [6.07, 6.45) is 8.97. The number of aryl methyl sites for hydroxylation is 3. The minimum absolute atomic E-state index is 0.476. The highest BCUT2D eigenvalue weighted by Crippen LogP contribution is 2.39. The molecule has 6 heteroatoms. The molecule has 0 spiro atoms. The van der Waals surface area contributed by atoms with Crippen LogP contribution in [0, 0.1) is 6.92 Å². The summed E-state index contributed by atoms with van der Waals surface area (Å²) < 4.78 is 0. The Hall–Kier alpha value is -2.21. The Bertz CT molecular complexity index is 958. The number of rotatable bonds is 3. The average Bonchev–Trinajstić information content (AvgIpc) is 3.07. The number of pyridine rings is 1. The first kappa shape index (κ1) is 16.9. The monoisotopic (exact) mass is 379 g/mol. The molecule has 1 aliphatic heterocycles. The number of anilines is 2. The predicted octanol–water partition coefficient (Wildman–Crippen LogP) is 4.35. The van der Waals surface area contributed by atoms with Gasteiger partial charge in [-0.1, -0.05) is 6.07 Å². The van der Waals surface area contributed by atoms with E-state index in [1.807, 2.05) is 24.3 Å². The number of thiophene rings is 1. The molecule has 0 bridgehead atoms. The summed E-state index contributed by atoms with van der Waals surface area (Å²) in [6, 6.07) is 6.64. The molecule has 0 atom stereocenters. The SMILES string of the molecule is Cc1cccc(NC2CCN(c3ncnc4sc5c(c34)CCCC5)CC2)n1. The molecule has 5 rings (SSSR count). The number of nitrogens with zero attached hydrogens (tertiary/aromatic N) is 4. The van der Waals surface area contributed by atoms with Gasteiger partial charge in [-0.2, -0.15) is 0 Å². The summed E-state index contributed by atoms with van der Waals surface area (Å²) in [5.74, 6) is 2.15. The molecule has 1 aliphatic carbocycles. The molecule has 3 aromatic rings. The van der Waals surface area contributed by atoms with E-state index in [9.17, 15) is 0 Å². The van der Waals surface area contributed by atoms with Gasteiger partial charge >= 0.3 is 0 Å². The van der Waals surface area contributed by atoms with Crippen molar-refractivity contribution in [2.75, 3.05) is 23.3 Å². The van der Waals surface area contributed by atoms with E-state index in [4.69, 9.17) is 4.98 Å². The van der Waals surface area contributed by atoms with Crippen molar-refractivity contribution in [1.82, 2.24) is 15.0 Å². The van der Waals surface area contributed by atoms with E-state index in [0.29, 0.717) is 6.04 Å². The summed E-state index contributed by atoms with van der Waals surface area (Å²) in [7, 11) is 0. The molecule has 2 aliphatic rings. The third-order valence-electron chi connectivity index (χ3n) is 5.77. The summed E-state index contributed by atoms with van der Waals surface area (Å²) in [4.78, 5) is 19.1. The molecule has 1 fully saturated rings. The fourth-order valence-electron chi connectivity index (χ4n) is 4.38. The minimum Gasteiger partial charge on any atom is -0.367 e. The van der Waals surface area contributed by atoms with Crippen molar-refractivity contribution >= 4 is 33.2 Å². The largest absolute Gasteiger partial charge is 0.367 e. The van der Waals surface area contributed by atoms with Crippen molar-refractivity contribution in [3.63, 3.8) is 0 Å². The third kappa shape index (κ3) is 3.27. The lowest BCUT2D eigenvalue weighted by atomic mass is 9.96. The Morgan fingerprint density at radius 2 is 1.96 bits per heavy atom. The second-order valence-electron chi connectivity index (χ2n) is 7.66. The zero-order chi connectivity index (χ0) is 18.2. The van der Waals surface area contributed by atoms with Gasteiger partial charge in [0.25, 0.3) is 0 Å². The topological polar surface area (TPSA) is 53.9 Å². The van der Waals surface area contributed by atoms with Crippen LogP contribution in [0.15, 0.2) is 24.5 Å². The highest BCUT2D eigenvalue weighted by atomic mass is 32.1. The lowest BCUT2D eigenvalue weighted by molar-refractivity contribution is 0.523. The van der Waals surface area contributed by atoms with Gasteiger partial charge in [-0.05, 0) is 63.1 Å². The predicted molar refractivity (Wildman–Crippen MR) is 112 cm³/mol. The molecule has 1 saturated heterocycles. The number of hydrogen-bond acceptors (Lipinski definition) is 6. The maximum atomic E-state index is 4.72. The number of aromatic nitrogens is 3. The first-order valence-corrected chi connectivity index (χ1v) is 10.8. The van der Waals surface area contributed by atoms with E-state index in [2.05, 4.69) is 32.3 Å². The number of piperidine rings is 1. The molecule has 140 valence electrons. The van der Waals surface area contributed by atoms with Crippen molar-refractivity contribution in [3.8, 4) is 0 Å². The molecule has 0 saturated carbocycles. The zero-order valence-corrected chi connectivity index (χ0v) is 16.6. The Kier molecular flexibility index (Phi) is 4.44. The molecule has 27 heavy (non-hydrogen) atoms. The maximum Gasteiger partial charge on any atom is 0.141 e. The molecule has 1 N–H and O–H groups in total. The van der Waals surface area contributed by atoms with Gasteiger partial charge in [-0.25, -0.2) is 15.0 Å². The molecular formula is C21H25N5S. The minimum atomic E-state index is 0.476. The van der Waals surface area contributed by atoms with Gasteiger partial charge in [0.1, 0.15) is 22.8 Å². The van der Waals surface area contributed by atoms with Gasteiger partial charge in [0.15, 0.2) is 0 Å². The van der Waals surface area contributed by atoms with Crippen LogP contribution in [0.25, 0.3) is 10.2 Å². The van der Waals surface area contributed by atoms with Crippen LogP contribution in [0.2, 0.25) is 0 Å². The Balaban J connectivity index is 1.34. The van der Waals surface area contributed by atoms with Crippen LogP contribution in [0.5, 0.6) is 0 Å². The highest BCUT2D eigenvalue weighted by molar-refractivity contribution is 7.19. The van der Waals surface area contributed by atoms with Gasteiger partial charge in [0.05, 0.1) is 5.39 Å². The van der Waals surface area contributed by atoms with E-state index < -0.39 is 0 Å². The fourth-order valence-corrected chi connectivity index (χ4v) is 5.61. The smallest absolute Gasteiger partial charge is 0.141 e. The summed E-state index contributed by atoms with van der Waals surface area (Å²) >= 11 is 1.88. The van der Waals surface area contributed by atoms with Gasteiger partial charge in [0, 0.05) is 29.7 Å². The highest BCUT2D eigenvalue weighted by Gasteiger charge is 2.25. The molecule has 0 unspecified atom stereocenters. The first-order chi connectivity index (χ1) is 13.3. The van der Waals surface area contributed by atoms with Crippen LogP contribution in [-0.4, -0.2) is 34.1 Å². The standard InChI is InChI=1S/C21H25N5S/c1-14-5-4-8-18(24-14)25-15-9-11-26(12-10-15)20-19-16-6-2-3-7-17(16)27-21(19)23-13-22-20/h4-5,8,13,15H,2-3,6-7,9-12H2,1H3,(H,24,25). The van der Waals surface area contributed by atoms with Crippen LogP contribution in [-0.2, 0) is 12.8 Å². The van der Waals surface area contributed by atoms with E-state index in [1.54, 1.807) is 11.2 Å². The second-order valence-corrected chi connectivity index (χ2v) is 8.74. The molecule has 0 aromatic carbocycles. The summed E-state index contributed by atoms with van der Waals surface area (Å²) in [6.45, 7) is 4.09. The van der Waals surface area contributed by atoms with Crippen LogP contribution in [0.4, 0.5) is 11.6 Å². The van der Waals surface area contributed by atoms with Crippen LogP contribution in [0.1, 0.15) is 41.8 Å². The summed E-state index contributed by atoms with van der Waals surface area (Å²) in [5.41, 5.74) is 2.59. The van der Waals surface area contributed by atoms with Crippen molar-refractivity contribution in [2.24, 2.45) is 0 Å². The average molecular weight is 380 g/mol. The van der Waals surface area contributed by atoms with Crippen LogP contribution in [0.3, 0.4) is 0 Å². The summed E-state index contributed by atoms with van der Waals surface area (Å²) in [5, 5.41) is 4.94. The molecule has 0 radical (unpaired) electrons. The normalized spacial score (nSPS) is 17.9.